The summed E-state index contributed by atoms with van der Waals surface area (Å²) in [7, 11) is 0. The van der Waals surface area contributed by atoms with Crippen LogP contribution in [0, 0.1) is 0 Å². The van der Waals surface area contributed by atoms with Crippen molar-refractivity contribution in [3.63, 3.8) is 0 Å². The van der Waals surface area contributed by atoms with E-state index in [4.69, 9.17) is 27.9 Å². The van der Waals surface area contributed by atoms with Crippen LogP contribution in [0.1, 0.15) is 43.2 Å². The Kier molecular flexibility index (Phi) is 6.16. The average molecular weight is 377 g/mol. The van der Waals surface area contributed by atoms with Gasteiger partial charge in [0.1, 0.15) is 0 Å². The van der Waals surface area contributed by atoms with Crippen LogP contribution in [0.3, 0.4) is 0 Å². The molecule has 1 aliphatic rings. The molecule has 0 aromatic heterocycles. The van der Waals surface area contributed by atoms with Gasteiger partial charge in [0.2, 0.25) is 5.24 Å². The maximum absolute atomic E-state index is 11.7. The smallest absolute Gasteiger partial charge is 0.222 e. The second kappa shape index (κ2) is 8.35. The lowest BCUT2D eigenvalue weighted by atomic mass is 9.67. The van der Waals surface area contributed by atoms with Gasteiger partial charge >= 0.3 is 0 Å². The molecule has 0 spiro atoms. The van der Waals surface area contributed by atoms with Crippen molar-refractivity contribution < 1.29 is 9.53 Å². The van der Waals surface area contributed by atoms with E-state index in [0.29, 0.717) is 18.1 Å². The van der Waals surface area contributed by atoms with Crippen LogP contribution in [0.5, 0.6) is 0 Å². The summed E-state index contributed by atoms with van der Waals surface area (Å²) in [6.45, 7) is 0.633. The largest absolute Gasteiger partial charge is 0.374 e. The zero-order valence-corrected chi connectivity index (χ0v) is 15.6. The third-order valence-corrected chi connectivity index (χ3v) is 5.54. The molecule has 0 atom stereocenters. The van der Waals surface area contributed by atoms with Gasteiger partial charge in [-0.05, 0) is 60.5 Å². The SMILES string of the molecule is O=C(Cl)CC1(c2ccc(Cl)cc2)CCC(OCc2ccccc2)CC1. The first-order valence-electron chi connectivity index (χ1n) is 8.67. The van der Waals surface area contributed by atoms with Gasteiger partial charge in [0.05, 0.1) is 12.7 Å². The van der Waals surface area contributed by atoms with Gasteiger partial charge < -0.3 is 4.74 Å². The molecule has 0 heterocycles. The Morgan fingerprint density at radius 1 is 1.04 bits per heavy atom. The quantitative estimate of drug-likeness (QED) is 0.587. The predicted octanol–water partition coefficient (Wildman–Crippen LogP) is 5.89. The van der Waals surface area contributed by atoms with Crippen molar-refractivity contribution in [2.75, 3.05) is 0 Å². The Bertz CT molecular complexity index is 690. The van der Waals surface area contributed by atoms with E-state index in [1.165, 1.54) is 5.56 Å². The molecule has 2 aromatic carbocycles. The van der Waals surface area contributed by atoms with Gasteiger partial charge in [-0.25, -0.2) is 0 Å². The first-order chi connectivity index (χ1) is 12.1. The molecular formula is C21H22Cl2O2. The lowest BCUT2D eigenvalue weighted by Crippen LogP contribution is -2.36. The van der Waals surface area contributed by atoms with E-state index in [1.807, 2.05) is 42.5 Å². The molecule has 0 unspecified atom stereocenters. The summed E-state index contributed by atoms with van der Waals surface area (Å²) in [5, 5.41) is 0.426. The maximum Gasteiger partial charge on any atom is 0.222 e. The fourth-order valence-corrected chi connectivity index (χ4v) is 4.12. The number of carbonyl (C=O) groups excluding carboxylic acids is 1. The standard InChI is InChI=1S/C21H22Cl2O2/c22-18-8-6-17(7-9-18)21(14-20(23)24)12-10-19(11-13-21)25-15-16-4-2-1-3-5-16/h1-9,19H,10-15H2. The second-order valence-electron chi connectivity index (χ2n) is 6.82. The highest BCUT2D eigenvalue weighted by atomic mass is 35.5. The molecule has 0 saturated heterocycles. The van der Waals surface area contributed by atoms with Crippen LogP contribution in [0.15, 0.2) is 54.6 Å². The van der Waals surface area contributed by atoms with E-state index in [0.717, 1.165) is 31.2 Å². The van der Waals surface area contributed by atoms with E-state index in [-0.39, 0.29) is 16.8 Å². The summed E-state index contributed by atoms with van der Waals surface area (Å²) < 4.78 is 6.08. The number of carbonyl (C=O) groups is 1. The molecule has 2 nitrogen and oxygen atoms in total. The van der Waals surface area contributed by atoms with E-state index in [1.54, 1.807) is 0 Å². The van der Waals surface area contributed by atoms with Crippen LogP contribution >= 0.6 is 23.2 Å². The highest BCUT2D eigenvalue weighted by molar-refractivity contribution is 6.63. The third-order valence-electron chi connectivity index (χ3n) is 5.15. The fourth-order valence-electron chi connectivity index (χ4n) is 3.74. The van der Waals surface area contributed by atoms with Crippen molar-refractivity contribution in [2.45, 2.75) is 50.2 Å². The normalized spacial score (nSPS) is 23.4. The van der Waals surface area contributed by atoms with E-state index >= 15 is 0 Å². The van der Waals surface area contributed by atoms with Crippen LogP contribution in [0.2, 0.25) is 5.02 Å². The molecule has 132 valence electrons. The topological polar surface area (TPSA) is 26.3 Å². The van der Waals surface area contributed by atoms with Crippen molar-refractivity contribution in [1.82, 2.24) is 0 Å². The van der Waals surface area contributed by atoms with Gasteiger partial charge in [0, 0.05) is 16.9 Å². The van der Waals surface area contributed by atoms with Gasteiger partial charge in [-0.1, -0.05) is 54.1 Å². The number of hydrogen-bond acceptors (Lipinski definition) is 2. The number of ether oxygens (including phenoxy) is 1. The minimum Gasteiger partial charge on any atom is -0.374 e. The van der Waals surface area contributed by atoms with E-state index in [2.05, 4.69) is 12.1 Å². The Hall–Kier alpha value is -1.35. The summed E-state index contributed by atoms with van der Waals surface area (Å²) in [6.07, 6.45) is 4.24. The number of rotatable bonds is 6. The van der Waals surface area contributed by atoms with Gasteiger partial charge in [-0.15, -0.1) is 0 Å². The Morgan fingerprint density at radius 3 is 2.28 bits per heavy atom. The number of hydrogen-bond donors (Lipinski definition) is 0. The predicted molar refractivity (Wildman–Crippen MR) is 102 cm³/mol. The zero-order chi connectivity index (χ0) is 17.7. The molecule has 1 fully saturated rings. The van der Waals surface area contributed by atoms with Crippen molar-refractivity contribution in [3.8, 4) is 0 Å². The lowest BCUT2D eigenvalue weighted by molar-refractivity contribution is -0.113. The van der Waals surface area contributed by atoms with E-state index in [9.17, 15) is 4.79 Å². The van der Waals surface area contributed by atoms with Gasteiger partial charge in [-0.2, -0.15) is 0 Å². The van der Waals surface area contributed by atoms with Crippen LogP contribution in [-0.2, 0) is 21.6 Å². The molecular weight excluding hydrogens is 355 g/mol. The third kappa shape index (κ3) is 4.84. The molecule has 0 bridgehead atoms. The first kappa shape index (κ1) is 18.4. The van der Waals surface area contributed by atoms with Crippen LogP contribution in [-0.4, -0.2) is 11.3 Å². The summed E-state index contributed by atoms with van der Waals surface area (Å²) in [5.41, 5.74) is 2.14. The molecule has 2 aromatic rings. The Balaban J connectivity index is 1.65. The first-order valence-corrected chi connectivity index (χ1v) is 9.43. The molecule has 0 aliphatic heterocycles. The summed E-state index contributed by atoms with van der Waals surface area (Å²) in [5.74, 6) is 0. The average Bonchev–Trinajstić information content (AvgIpc) is 2.62. The molecule has 1 saturated carbocycles. The molecule has 1 aliphatic carbocycles. The molecule has 0 amide bonds. The van der Waals surface area contributed by atoms with Crippen LogP contribution < -0.4 is 0 Å². The molecule has 4 heteroatoms. The molecule has 25 heavy (non-hydrogen) atoms. The fraction of sp³-hybridized carbons (Fsp3) is 0.381. The lowest BCUT2D eigenvalue weighted by Gasteiger charge is -2.40. The van der Waals surface area contributed by atoms with Crippen molar-refractivity contribution in [2.24, 2.45) is 0 Å². The van der Waals surface area contributed by atoms with Crippen LogP contribution in [0.4, 0.5) is 0 Å². The molecule has 0 radical (unpaired) electrons. The molecule has 3 rings (SSSR count). The summed E-state index contributed by atoms with van der Waals surface area (Å²) in [6, 6.07) is 18.0. The minimum atomic E-state index is -0.279. The van der Waals surface area contributed by atoms with E-state index < -0.39 is 0 Å². The summed E-state index contributed by atoms with van der Waals surface area (Å²) >= 11 is 11.8. The van der Waals surface area contributed by atoms with Crippen LogP contribution in [0.25, 0.3) is 0 Å². The maximum atomic E-state index is 11.7. The highest BCUT2D eigenvalue weighted by Crippen LogP contribution is 2.43. The van der Waals surface area contributed by atoms with Crippen molar-refractivity contribution in [1.29, 1.82) is 0 Å². The number of benzene rings is 2. The highest BCUT2D eigenvalue weighted by Gasteiger charge is 2.38. The second-order valence-corrected chi connectivity index (χ2v) is 7.67. The van der Waals surface area contributed by atoms with Crippen molar-refractivity contribution >= 4 is 28.4 Å². The summed E-state index contributed by atoms with van der Waals surface area (Å²) in [4.78, 5) is 11.7. The van der Waals surface area contributed by atoms with Gasteiger partial charge in [0.25, 0.3) is 0 Å². The Morgan fingerprint density at radius 2 is 1.68 bits per heavy atom. The molecule has 0 N–H and O–H groups in total. The van der Waals surface area contributed by atoms with Gasteiger partial charge in [0.15, 0.2) is 0 Å². The number of halogens is 2. The van der Waals surface area contributed by atoms with Gasteiger partial charge in [-0.3, -0.25) is 4.79 Å². The van der Waals surface area contributed by atoms with Crippen molar-refractivity contribution in [3.05, 3.63) is 70.7 Å². The Labute approximate surface area is 159 Å². The minimum absolute atomic E-state index is 0.198. The zero-order valence-electron chi connectivity index (χ0n) is 14.1. The monoisotopic (exact) mass is 376 g/mol.